The predicted molar refractivity (Wildman–Crippen MR) is 141 cm³/mol. The van der Waals surface area contributed by atoms with Gasteiger partial charge in [0.2, 0.25) is 5.78 Å². The van der Waals surface area contributed by atoms with E-state index < -0.39 is 11.8 Å². The first-order valence-corrected chi connectivity index (χ1v) is 11.9. The number of hydrogen-bond acceptors (Lipinski definition) is 8. The molecule has 0 aliphatic rings. The number of aromatic nitrogens is 3. The van der Waals surface area contributed by atoms with Crippen LogP contribution in [0.5, 0.6) is 5.75 Å². The molecular weight excluding hydrogens is 486 g/mol. The maximum absolute atomic E-state index is 13.4. The summed E-state index contributed by atoms with van der Waals surface area (Å²) in [6.45, 7) is 3.89. The van der Waals surface area contributed by atoms with E-state index in [1.165, 1.54) is 16.8 Å². The standard InChI is InChI=1S/C28H27N5O5/c1-4-38-28(36)25-24(31-32-33(25)16-18-7-12-21(37-3)13-8-18)26(34)22-14-11-20(15-23(22)29)30-27(35)19-9-5-17(2)6-10-19/h5-15H,4,16,29H2,1-3H3,(H,30,35). The number of rotatable bonds is 9. The summed E-state index contributed by atoms with van der Waals surface area (Å²) in [5.74, 6) is -0.949. The first-order valence-electron chi connectivity index (χ1n) is 11.9. The van der Waals surface area contributed by atoms with E-state index in [0.717, 1.165) is 11.1 Å². The molecule has 0 bridgehead atoms. The van der Waals surface area contributed by atoms with Crippen molar-refractivity contribution in [3.63, 3.8) is 0 Å². The summed E-state index contributed by atoms with van der Waals surface area (Å²) in [6.07, 6.45) is 0. The second kappa shape index (κ2) is 11.4. The Morgan fingerprint density at radius 1 is 1.00 bits per heavy atom. The highest BCUT2D eigenvalue weighted by Gasteiger charge is 2.28. The SMILES string of the molecule is CCOC(=O)c1c(C(=O)c2ccc(NC(=O)c3ccc(C)cc3)cc2N)nnn1Cc1ccc(OC)cc1. The Morgan fingerprint density at radius 3 is 2.34 bits per heavy atom. The number of nitrogens with one attached hydrogen (secondary N) is 1. The zero-order valence-electron chi connectivity index (χ0n) is 21.2. The zero-order chi connectivity index (χ0) is 27.2. The van der Waals surface area contributed by atoms with E-state index in [0.29, 0.717) is 17.0 Å². The lowest BCUT2D eigenvalue weighted by Crippen LogP contribution is -2.18. The van der Waals surface area contributed by atoms with Gasteiger partial charge < -0.3 is 20.5 Å². The first-order chi connectivity index (χ1) is 18.3. The Kier molecular flexibility index (Phi) is 7.81. The molecule has 194 valence electrons. The fourth-order valence-corrected chi connectivity index (χ4v) is 3.77. The lowest BCUT2D eigenvalue weighted by Gasteiger charge is -2.10. The number of ketones is 1. The van der Waals surface area contributed by atoms with Crippen molar-refractivity contribution in [2.24, 2.45) is 0 Å². The number of amides is 1. The highest BCUT2D eigenvalue weighted by Crippen LogP contribution is 2.23. The van der Waals surface area contributed by atoms with Crippen LogP contribution in [-0.4, -0.2) is 46.4 Å². The monoisotopic (exact) mass is 513 g/mol. The normalized spacial score (nSPS) is 10.6. The Labute approximate surface area is 219 Å². The summed E-state index contributed by atoms with van der Waals surface area (Å²) in [4.78, 5) is 38.8. The van der Waals surface area contributed by atoms with E-state index in [9.17, 15) is 14.4 Å². The number of anilines is 2. The lowest BCUT2D eigenvalue weighted by molar-refractivity contribution is 0.0509. The molecule has 1 heterocycles. The third kappa shape index (κ3) is 5.70. The Bertz CT molecular complexity index is 1480. The number of aryl methyl sites for hydroxylation is 1. The summed E-state index contributed by atoms with van der Waals surface area (Å²) >= 11 is 0. The number of carbonyl (C=O) groups is 3. The van der Waals surface area contributed by atoms with E-state index in [1.807, 2.05) is 31.2 Å². The van der Waals surface area contributed by atoms with E-state index in [2.05, 4.69) is 15.6 Å². The first kappa shape index (κ1) is 26.1. The van der Waals surface area contributed by atoms with Crippen molar-refractivity contribution < 1.29 is 23.9 Å². The zero-order valence-corrected chi connectivity index (χ0v) is 21.2. The van der Waals surface area contributed by atoms with Crippen LogP contribution in [-0.2, 0) is 11.3 Å². The second-order valence-corrected chi connectivity index (χ2v) is 8.46. The average molecular weight is 514 g/mol. The van der Waals surface area contributed by atoms with Crippen LogP contribution in [0.1, 0.15) is 54.9 Å². The number of esters is 1. The van der Waals surface area contributed by atoms with Crippen molar-refractivity contribution in [2.45, 2.75) is 20.4 Å². The Morgan fingerprint density at radius 2 is 1.71 bits per heavy atom. The van der Waals surface area contributed by atoms with Crippen molar-refractivity contribution in [1.82, 2.24) is 15.0 Å². The van der Waals surface area contributed by atoms with Gasteiger partial charge in [-0.05, 0) is 61.9 Å². The molecular formula is C28H27N5O5. The molecule has 0 radical (unpaired) electrons. The van der Waals surface area contributed by atoms with E-state index in [-0.39, 0.29) is 41.7 Å². The van der Waals surface area contributed by atoms with Crippen LogP contribution in [0.15, 0.2) is 66.7 Å². The molecule has 38 heavy (non-hydrogen) atoms. The van der Waals surface area contributed by atoms with Crippen molar-refractivity contribution in [2.75, 3.05) is 24.8 Å². The largest absolute Gasteiger partial charge is 0.497 e. The summed E-state index contributed by atoms with van der Waals surface area (Å²) in [6, 6.07) is 18.8. The summed E-state index contributed by atoms with van der Waals surface area (Å²) < 4.78 is 11.7. The summed E-state index contributed by atoms with van der Waals surface area (Å²) in [7, 11) is 1.57. The number of ether oxygens (including phenoxy) is 2. The van der Waals surface area contributed by atoms with Gasteiger partial charge in [-0.2, -0.15) is 0 Å². The Balaban J connectivity index is 1.60. The van der Waals surface area contributed by atoms with Gasteiger partial charge in [0.05, 0.1) is 20.3 Å². The molecule has 4 aromatic rings. The van der Waals surface area contributed by atoms with Gasteiger partial charge in [0.25, 0.3) is 5.91 Å². The molecule has 0 aliphatic carbocycles. The molecule has 1 aromatic heterocycles. The minimum atomic E-state index is -0.727. The molecule has 0 spiro atoms. The van der Waals surface area contributed by atoms with Gasteiger partial charge in [0.1, 0.15) is 5.75 Å². The number of nitrogens with zero attached hydrogens (tertiary/aromatic N) is 3. The minimum absolute atomic E-state index is 0.0798. The molecule has 10 heteroatoms. The number of nitrogen functional groups attached to an aromatic ring is 1. The van der Waals surface area contributed by atoms with Crippen molar-refractivity contribution in [1.29, 1.82) is 0 Å². The lowest BCUT2D eigenvalue weighted by atomic mass is 10.0. The minimum Gasteiger partial charge on any atom is -0.497 e. The van der Waals surface area contributed by atoms with Gasteiger partial charge in [0.15, 0.2) is 11.4 Å². The van der Waals surface area contributed by atoms with Crippen molar-refractivity contribution in [3.05, 3.63) is 100 Å². The van der Waals surface area contributed by atoms with Crippen LogP contribution in [0, 0.1) is 6.92 Å². The fourth-order valence-electron chi connectivity index (χ4n) is 3.77. The third-order valence-corrected chi connectivity index (χ3v) is 5.78. The Hall–Kier alpha value is -4.99. The molecule has 10 nitrogen and oxygen atoms in total. The highest BCUT2D eigenvalue weighted by molar-refractivity contribution is 6.15. The number of carbonyl (C=O) groups excluding carboxylic acids is 3. The molecule has 0 aliphatic heterocycles. The molecule has 3 aromatic carbocycles. The molecule has 1 amide bonds. The van der Waals surface area contributed by atoms with Crippen LogP contribution in [0.3, 0.4) is 0 Å². The molecule has 0 fully saturated rings. The number of hydrogen-bond donors (Lipinski definition) is 2. The summed E-state index contributed by atoms with van der Waals surface area (Å²) in [5, 5.41) is 10.8. The predicted octanol–water partition coefficient (Wildman–Crippen LogP) is 3.89. The van der Waals surface area contributed by atoms with Crippen LogP contribution < -0.4 is 15.8 Å². The number of benzene rings is 3. The number of nitrogens with two attached hydrogens (primary N) is 1. The molecule has 0 atom stereocenters. The maximum Gasteiger partial charge on any atom is 0.359 e. The smallest absolute Gasteiger partial charge is 0.359 e. The second-order valence-electron chi connectivity index (χ2n) is 8.46. The van der Waals surface area contributed by atoms with Gasteiger partial charge in [-0.15, -0.1) is 5.10 Å². The van der Waals surface area contributed by atoms with Crippen LogP contribution in [0.25, 0.3) is 0 Å². The summed E-state index contributed by atoms with van der Waals surface area (Å²) in [5.41, 5.74) is 8.90. The molecule has 3 N–H and O–H groups in total. The van der Waals surface area contributed by atoms with Gasteiger partial charge in [-0.1, -0.05) is 35.0 Å². The maximum atomic E-state index is 13.4. The van der Waals surface area contributed by atoms with Crippen LogP contribution in [0.2, 0.25) is 0 Å². The van der Waals surface area contributed by atoms with Gasteiger partial charge in [-0.25, -0.2) is 9.48 Å². The van der Waals surface area contributed by atoms with E-state index in [4.69, 9.17) is 15.2 Å². The van der Waals surface area contributed by atoms with Gasteiger partial charge >= 0.3 is 5.97 Å². The van der Waals surface area contributed by atoms with Crippen molar-refractivity contribution in [3.8, 4) is 5.75 Å². The molecule has 0 unspecified atom stereocenters. The average Bonchev–Trinajstić information content (AvgIpc) is 3.33. The van der Waals surface area contributed by atoms with Crippen LogP contribution >= 0.6 is 0 Å². The number of methoxy groups -OCH3 is 1. The van der Waals surface area contributed by atoms with Crippen LogP contribution in [0.4, 0.5) is 11.4 Å². The van der Waals surface area contributed by atoms with Gasteiger partial charge in [-0.3, -0.25) is 9.59 Å². The van der Waals surface area contributed by atoms with Gasteiger partial charge in [0, 0.05) is 22.5 Å². The van der Waals surface area contributed by atoms with Crippen molar-refractivity contribution >= 4 is 29.0 Å². The molecule has 4 rings (SSSR count). The topological polar surface area (TPSA) is 138 Å². The fraction of sp³-hybridized carbons (Fsp3) is 0.179. The highest BCUT2D eigenvalue weighted by atomic mass is 16.5. The quantitative estimate of drug-likeness (QED) is 0.195. The van der Waals surface area contributed by atoms with E-state index in [1.54, 1.807) is 44.4 Å². The molecule has 0 saturated heterocycles. The third-order valence-electron chi connectivity index (χ3n) is 5.78. The molecule has 0 saturated carbocycles. The van der Waals surface area contributed by atoms with E-state index >= 15 is 0 Å².